The Balaban J connectivity index is 2.05. The molecule has 1 N–H and O–H groups in total. The van der Waals surface area contributed by atoms with E-state index >= 15 is 0 Å². The Hall–Kier alpha value is -4.09. The van der Waals surface area contributed by atoms with Crippen molar-refractivity contribution in [2.45, 2.75) is 0 Å². The first kappa shape index (κ1) is 17.3. The monoisotopic (exact) mass is 347 g/mol. The molecule has 2 aromatic rings. The molecule has 0 aliphatic carbocycles. The molecule has 0 radical (unpaired) electrons. The van der Waals surface area contributed by atoms with Gasteiger partial charge >= 0.3 is 11.6 Å². The molecule has 25 heavy (non-hydrogen) atoms. The zero-order valence-corrected chi connectivity index (χ0v) is 12.3. The number of rotatable bonds is 7. The Labute approximate surface area is 138 Å². The quantitative estimate of drug-likeness (QED) is 0.452. The summed E-state index contributed by atoms with van der Waals surface area (Å²) in [5.41, 5.74) is 1.43. The topological polar surface area (TPSA) is 167 Å². The number of nitrogens with one attached hydrogen (secondary N) is 1. The molecule has 0 unspecified atom stereocenters. The second-order valence-corrected chi connectivity index (χ2v) is 4.40. The smallest absolute Gasteiger partial charge is 0.401 e. The van der Waals surface area contributed by atoms with Crippen LogP contribution in [-0.2, 0) is 0 Å². The van der Waals surface area contributed by atoms with Crippen LogP contribution >= 0.6 is 0 Å². The van der Waals surface area contributed by atoms with Crippen LogP contribution in [0.25, 0.3) is 6.08 Å². The number of benzene rings is 1. The van der Waals surface area contributed by atoms with Crippen LogP contribution < -0.4 is 5.43 Å². The molecule has 128 valence electrons. The molecule has 2 rings (SSSR count). The third-order valence-corrected chi connectivity index (χ3v) is 2.79. The average molecular weight is 347 g/mol. The molecule has 0 fully saturated rings. The minimum atomic E-state index is -0.775. The van der Waals surface area contributed by atoms with Crippen LogP contribution in [0, 0.1) is 30.3 Å². The fourth-order valence-electron chi connectivity index (χ4n) is 1.70. The van der Waals surface area contributed by atoms with Crippen molar-refractivity contribution in [3.05, 3.63) is 72.5 Å². The van der Waals surface area contributed by atoms with Crippen molar-refractivity contribution < 1.29 is 19.2 Å². The molecule has 1 aromatic heterocycles. The number of nitrogens with zero attached hydrogens (tertiary/aromatic N) is 4. The summed E-state index contributed by atoms with van der Waals surface area (Å²) in [5, 5.41) is 35.7. The summed E-state index contributed by atoms with van der Waals surface area (Å²) in [6.45, 7) is 0. The van der Waals surface area contributed by atoms with Gasteiger partial charge in [-0.15, -0.1) is 0 Å². The molecule has 1 heterocycles. The number of hydrogen-bond donors (Lipinski definition) is 1. The zero-order valence-electron chi connectivity index (χ0n) is 12.3. The van der Waals surface area contributed by atoms with Crippen molar-refractivity contribution >= 4 is 35.2 Å². The van der Waals surface area contributed by atoms with E-state index < -0.39 is 32.0 Å². The molecule has 0 atom stereocenters. The van der Waals surface area contributed by atoms with Crippen molar-refractivity contribution in [2.24, 2.45) is 5.10 Å². The van der Waals surface area contributed by atoms with Gasteiger partial charge in [-0.05, 0) is 24.3 Å². The zero-order chi connectivity index (χ0) is 18.4. The van der Waals surface area contributed by atoms with Gasteiger partial charge in [0.05, 0.1) is 22.0 Å². The molecule has 0 saturated heterocycles. The second-order valence-electron chi connectivity index (χ2n) is 4.40. The molecule has 0 aliphatic rings. The van der Waals surface area contributed by atoms with Gasteiger partial charge in [0.2, 0.25) is 0 Å². The second kappa shape index (κ2) is 7.45. The standard InChI is InChI=1S/C13H9N5O7/c19-16(20)9-3-5-11(12(8-9)17(21)22)15-14-7-1-2-10-4-6-13(25-10)18(23)24/h1-8,15H. The molecule has 0 spiro atoms. The van der Waals surface area contributed by atoms with E-state index in [1.165, 1.54) is 30.5 Å². The van der Waals surface area contributed by atoms with Gasteiger partial charge in [-0.2, -0.15) is 5.10 Å². The van der Waals surface area contributed by atoms with Crippen molar-refractivity contribution in [1.82, 2.24) is 0 Å². The van der Waals surface area contributed by atoms with E-state index in [1.807, 2.05) is 0 Å². The predicted molar refractivity (Wildman–Crippen MR) is 86.3 cm³/mol. The predicted octanol–water partition coefficient (Wildman–Crippen LogP) is 3.12. The molecule has 12 nitrogen and oxygen atoms in total. The summed E-state index contributed by atoms with van der Waals surface area (Å²) in [7, 11) is 0. The summed E-state index contributed by atoms with van der Waals surface area (Å²) >= 11 is 0. The number of furan rings is 1. The SMILES string of the molecule is O=[N+]([O-])c1ccc(NN=CC=Cc2ccc([N+](=O)[O-])o2)c([N+](=O)[O-])c1. The number of allylic oxidation sites excluding steroid dienone is 1. The molecule has 0 saturated carbocycles. The van der Waals surface area contributed by atoms with E-state index in [1.54, 1.807) is 0 Å². The van der Waals surface area contributed by atoms with Gasteiger partial charge in [0, 0.05) is 12.3 Å². The number of anilines is 1. The maximum Gasteiger partial charge on any atom is 0.433 e. The summed E-state index contributed by atoms with van der Waals surface area (Å²) in [5.74, 6) is -0.185. The average Bonchev–Trinajstić information content (AvgIpc) is 3.03. The normalized spacial score (nSPS) is 11.0. The van der Waals surface area contributed by atoms with Crippen molar-refractivity contribution in [2.75, 3.05) is 5.43 Å². The van der Waals surface area contributed by atoms with Crippen molar-refractivity contribution in [3.8, 4) is 0 Å². The Morgan fingerprint density at radius 3 is 2.36 bits per heavy atom. The van der Waals surface area contributed by atoms with Crippen LogP contribution in [0.15, 0.2) is 45.9 Å². The van der Waals surface area contributed by atoms with Gasteiger partial charge in [-0.3, -0.25) is 35.8 Å². The summed E-state index contributed by atoms with van der Waals surface area (Å²) < 4.78 is 4.87. The van der Waals surface area contributed by atoms with Gasteiger partial charge in [0.25, 0.3) is 5.69 Å². The van der Waals surface area contributed by atoms with Gasteiger partial charge in [0.15, 0.2) is 0 Å². The Bertz CT molecular complexity index is 887. The van der Waals surface area contributed by atoms with Gasteiger partial charge in [-0.1, -0.05) is 0 Å². The largest absolute Gasteiger partial charge is 0.433 e. The van der Waals surface area contributed by atoms with E-state index in [9.17, 15) is 30.3 Å². The van der Waals surface area contributed by atoms with Crippen LogP contribution in [0.4, 0.5) is 22.9 Å². The third kappa shape index (κ3) is 4.44. The lowest BCUT2D eigenvalue weighted by atomic mass is 10.2. The molecular formula is C13H9N5O7. The fourth-order valence-corrected chi connectivity index (χ4v) is 1.70. The van der Waals surface area contributed by atoms with E-state index in [-0.39, 0.29) is 11.4 Å². The highest BCUT2D eigenvalue weighted by atomic mass is 16.7. The van der Waals surface area contributed by atoms with E-state index in [2.05, 4.69) is 10.5 Å². The van der Waals surface area contributed by atoms with Gasteiger partial charge in [0.1, 0.15) is 16.4 Å². The first-order valence-electron chi connectivity index (χ1n) is 6.51. The van der Waals surface area contributed by atoms with Gasteiger partial charge in [-0.25, -0.2) is 0 Å². The summed E-state index contributed by atoms with van der Waals surface area (Å²) in [6, 6.07) is 5.65. The number of nitro benzene ring substituents is 2. The number of hydrogen-bond acceptors (Lipinski definition) is 9. The van der Waals surface area contributed by atoms with Crippen LogP contribution in [0.2, 0.25) is 0 Å². The lowest BCUT2D eigenvalue weighted by molar-refractivity contribution is -0.402. The van der Waals surface area contributed by atoms with E-state index in [0.29, 0.717) is 0 Å². The van der Waals surface area contributed by atoms with Crippen LogP contribution in [-0.4, -0.2) is 21.0 Å². The number of hydrazone groups is 1. The Morgan fingerprint density at radius 2 is 1.76 bits per heavy atom. The van der Waals surface area contributed by atoms with Gasteiger partial charge < -0.3 is 4.42 Å². The van der Waals surface area contributed by atoms with Crippen LogP contribution in [0.1, 0.15) is 5.76 Å². The molecule has 0 bridgehead atoms. The van der Waals surface area contributed by atoms with Crippen LogP contribution in [0.3, 0.4) is 0 Å². The number of non-ortho nitro benzene ring substituents is 1. The summed E-state index contributed by atoms with van der Waals surface area (Å²) in [4.78, 5) is 29.8. The number of nitro groups is 3. The first-order chi connectivity index (χ1) is 11.9. The maximum atomic E-state index is 10.9. The van der Waals surface area contributed by atoms with Crippen LogP contribution in [0.5, 0.6) is 0 Å². The highest BCUT2D eigenvalue weighted by Crippen LogP contribution is 2.28. The molecule has 1 aromatic carbocycles. The fraction of sp³-hybridized carbons (Fsp3) is 0. The molecule has 12 heteroatoms. The first-order valence-corrected chi connectivity index (χ1v) is 6.51. The van der Waals surface area contributed by atoms with Crippen molar-refractivity contribution in [3.63, 3.8) is 0 Å². The third-order valence-electron chi connectivity index (χ3n) is 2.79. The molecule has 0 amide bonds. The Morgan fingerprint density at radius 1 is 1.00 bits per heavy atom. The lowest BCUT2D eigenvalue weighted by Gasteiger charge is -2.01. The van der Waals surface area contributed by atoms with E-state index in [4.69, 9.17) is 4.42 Å². The molecule has 0 aliphatic heterocycles. The summed E-state index contributed by atoms with van der Waals surface area (Å²) in [6.07, 6.45) is 3.99. The highest BCUT2D eigenvalue weighted by molar-refractivity contribution is 5.78. The lowest BCUT2D eigenvalue weighted by Crippen LogP contribution is -1.98. The minimum absolute atomic E-state index is 0.0334. The van der Waals surface area contributed by atoms with Crippen molar-refractivity contribution in [1.29, 1.82) is 0 Å². The maximum absolute atomic E-state index is 10.9. The van der Waals surface area contributed by atoms with E-state index in [0.717, 1.165) is 18.2 Å². The minimum Gasteiger partial charge on any atom is -0.401 e. The highest BCUT2D eigenvalue weighted by Gasteiger charge is 2.18. The molecular weight excluding hydrogens is 338 g/mol. The Kier molecular flexibility index (Phi) is 5.15.